The van der Waals surface area contributed by atoms with Gasteiger partial charge in [0, 0.05) is 13.2 Å². The Morgan fingerprint density at radius 2 is 0.897 bits per heavy atom. The minimum absolute atomic E-state index is 0.0118. The second-order valence-corrected chi connectivity index (χ2v) is 11.4. The molecule has 0 aromatic heterocycles. The second kappa shape index (κ2) is 35.4. The number of allylic oxidation sites excluding steroid dienone is 1. The average Bonchev–Trinajstić information content (AvgIpc) is 2.95. The largest absolute Gasteiger partial charge is 0.475 e. The fourth-order valence-electron chi connectivity index (χ4n) is 4.78. The number of hydrogen-bond donors (Lipinski definition) is 0. The molecule has 0 radical (unpaired) electrons. The van der Waals surface area contributed by atoms with E-state index >= 15 is 0 Å². The quantitative estimate of drug-likeness (QED) is 0.0450. The molecule has 0 aliphatic heterocycles. The van der Waals surface area contributed by atoms with Crippen molar-refractivity contribution < 1.29 is 18.9 Å². The van der Waals surface area contributed by atoms with Crippen molar-refractivity contribution >= 4 is 0 Å². The molecular formula is C35H70O4. The van der Waals surface area contributed by atoms with Gasteiger partial charge in [0.05, 0.1) is 12.9 Å². The molecule has 234 valence electrons. The Morgan fingerprint density at radius 3 is 1.46 bits per heavy atom. The molecule has 0 rings (SSSR count). The highest BCUT2D eigenvalue weighted by molar-refractivity contribution is 4.72. The zero-order valence-electron chi connectivity index (χ0n) is 26.9. The Balaban J connectivity index is 3.51. The Hall–Kier alpha value is -0.580. The third kappa shape index (κ3) is 33.5. The highest BCUT2D eigenvalue weighted by Crippen LogP contribution is 2.14. The van der Waals surface area contributed by atoms with Crippen LogP contribution in [0.4, 0.5) is 0 Å². The maximum atomic E-state index is 6.10. The minimum Gasteiger partial charge on any atom is -0.475 e. The smallest absolute Gasteiger partial charge is 0.188 e. The molecule has 0 unspecified atom stereocenters. The summed E-state index contributed by atoms with van der Waals surface area (Å²) in [5.41, 5.74) is 0. The van der Waals surface area contributed by atoms with Crippen LogP contribution in [-0.2, 0) is 18.9 Å². The monoisotopic (exact) mass is 555 g/mol. The van der Waals surface area contributed by atoms with Gasteiger partial charge in [-0.2, -0.15) is 0 Å². The summed E-state index contributed by atoms with van der Waals surface area (Å²) < 4.78 is 23.2. The summed E-state index contributed by atoms with van der Waals surface area (Å²) in [6.07, 6.45) is 35.9. The molecule has 0 spiro atoms. The molecule has 39 heavy (non-hydrogen) atoms. The van der Waals surface area contributed by atoms with E-state index in [9.17, 15) is 0 Å². The van der Waals surface area contributed by atoms with Gasteiger partial charge in [0.25, 0.3) is 0 Å². The first kappa shape index (κ1) is 38.4. The van der Waals surface area contributed by atoms with Gasteiger partial charge in [-0.3, -0.25) is 0 Å². The molecule has 4 heteroatoms. The fraction of sp³-hybridized carbons (Fsp3) is 0.943. The Labute approximate surface area is 245 Å². The van der Waals surface area contributed by atoms with Crippen molar-refractivity contribution in [3.05, 3.63) is 12.3 Å². The van der Waals surface area contributed by atoms with Crippen LogP contribution in [0.3, 0.4) is 0 Å². The molecule has 0 bridgehead atoms. The molecule has 0 saturated heterocycles. The molecule has 4 nitrogen and oxygen atoms in total. The van der Waals surface area contributed by atoms with E-state index in [1.165, 1.54) is 128 Å². The van der Waals surface area contributed by atoms with Gasteiger partial charge in [-0.1, -0.05) is 136 Å². The van der Waals surface area contributed by atoms with E-state index in [0.717, 1.165) is 51.9 Å². The van der Waals surface area contributed by atoms with Crippen LogP contribution in [0.2, 0.25) is 0 Å². The molecule has 0 aromatic rings. The topological polar surface area (TPSA) is 36.9 Å². The Kier molecular flexibility index (Phi) is 34.9. The Morgan fingerprint density at radius 1 is 0.462 bits per heavy atom. The SMILES string of the molecule is CCCCCCCCCCOCOC=CCCCCCCCCCC(OCCCCCC)OCCCCCC. The molecular weight excluding hydrogens is 484 g/mol. The molecule has 0 aliphatic rings. The number of unbranched alkanes of at least 4 members (excludes halogenated alkanes) is 20. The van der Waals surface area contributed by atoms with Crippen molar-refractivity contribution in [1.82, 2.24) is 0 Å². The van der Waals surface area contributed by atoms with Gasteiger partial charge in [-0.25, -0.2) is 0 Å². The van der Waals surface area contributed by atoms with E-state index in [4.69, 9.17) is 18.9 Å². The first-order valence-electron chi connectivity index (χ1n) is 17.4. The van der Waals surface area contributed by atoms with E-state index in [2.05, 4.69) is 26.8 Å². The summed E-state index contributed by atoms with van der Waals surface area (Å²) in [4.78, 5) is 0. The van der Waals surface area contributed by atoms with Crippen LogP contribution in [0.25, 0.3) is 0 Å². The van der Waals surface area contributed by atoms with Gasteiger partial charge in [-0.05, 0) is 51.0 Å². The Bertz CT molecular complexity index is 440. The summed E-state index contributed by atoms with van der Waals surface area (Å²) in [5, 5.41) is 0. The normalized spacial score (nSPS) is 11.8. The summed E-state index contributed by atoms with van der Waals surface area (Å²) in [5.74, 6) is 0. The van der Waals surface area contributed by atoms with E-state index in [1.807, 2.05) is 6.26 Å². The van der Waals surface area contributed by atoms with Gasteiger partial charge in [-0.15, -0.1) is 0 Å². The number of hydrogen-bond acceptors (Lipinski definition) is 4. The zero-order chi connectivity index (χ0) is 28.3. The molecule has 0 saturated carbocycles. The first-order chi connectivity index (χ1) is 19.3. The molecule has 0 heterocycles. The van der Waals surface area contributed by atoms with Crippen LogP contribution < -0.4 is 0 Å². The summed E-state index contributed by atoms with van der Waals surface area (Å²) in [6.45, 7) is 9.70. The molecule has 0 fully saturated rings. The lowest BCUT2D eigenvalue weighted by atomic mass is 10.1. The lowest BCUT2D eigenvalue weighted by molar-refractivity contribution is -0.148. The van der Waals surface area contributed by atoms with Crippen molar-refractivity contribution in [2.45, 2.75) is 188 Å². The molecule has 0 atom stereocenters. The summed E-state index contributed by atoms with van der Waals surface area (Å²) in [7, 11) is 0. The number of ether oxygens (including phenoxy) is 4. The third-order valence-electron chi connectivity index (χ3n) is 7.40. The zero-order valence-corrected chi connectivity index (χ0v) is 26.9. The van der Waals surface area contributed by atoms with Crippen molar-refractivity contribution in [1.29, 1.82) is 0 Å². The van der Waals surface area contributed by atoms with Crippen molar-refractivity contribution in [2.24, 2.45) is 0 Å². The van der Waals surface area contributed by atoms with Gasteiger partial charge >= 0.3 is 0 Å². The van der Waals surface area contributed by atoms with Crippen LogP contribution in [0.5, 0.6) is 0 Å². The van der Waals surface area contributed by atoms with Crippen molar-refractivity contribution in [3.8, 4) is 0 Å². The van der Waals surface area contributed by atoms with Crippen LogP contribution in [0.15, 0.2) is 12.3 Å². The maximum Gasteiger partial charge on any atom is 0.188 e. The summed E-state index contributed by atoms with van der Waals surface area (Å²) >= 11 is 0. The van der Waals surface area contributed by atoms with Gasteiger partial charge < -0.3 is 18.9 Å². The average molecular weight is 555 g/mol. The maximum absolute atomic E-state index is 6.10. The predicted octanol–water partition coefficient (Wildman–Crippen LogP) is 11.7. The molecule has 0 N–H and O–H groups in total. The van der Waals surface area contributed by atoms with Crippen molar-refractivity contribution in [3.63, 3.8) is 0 Å². The van der Waals surface area contributed by atoms with Crippen LogP contribution in [0.1, 0.15) is 181 Å². The van der Waals surface area contributed by atoms with E-state index < -0.39 is 0 Å². The van der Waals surface area contributed by atoms with E-state index in [-0.39, 0.29) is 6.29 Å². The second-order valence-electron chi connectivity index (χ2n) is 11.4. The molecule has 0 aromatic carbocycles. The first-order valence-corrected chi connectivity index (χ1v) is 17.4. The van der Waals surface area contributed by atoms with E-state index in [1.54, 1.807) is 0 Å². The third-order valence-corrected chi connectivity index (χ3v) is 7.40. The highest BCUT2D eigenvalue weighted by Gasteiger charge is 2.09. The van der Waals surface area contributed by atoms with Crippen LogP contribution >= 0.6 is 0 Å². The van der Waals surface area contributed by atoms with Crippen LogP contribution in [0, 0.1) is 0 Å². The van der Waals surface area contributed by atoms with Crippen LogP contribution in [-0.4, -0.2) is 32.9 Å². The van der Waals surface area contributed by atoms with Gasteiger partial charge in [0.1, 0.15) is 0 Å². The lowest BCUT2D eigenvalue weighted by Crippen LogP contribution is -2.19. The lowest BCUT2D eigenvalue weighted by Gasteiger charge is -2.19. The van der Waals surface area contributed by atoms with Gasteiger partial charge in [0.2, 0.25) is 0 Å². The van der Waals surface area contributed by atoms with Crippen molar-refractivity contribution in [2.75, 3.05) is 26.6 Å². The minimum atomic E-state index is 0.0118. The fourth-order valence-corrected chi connectivity index (χ4v) is 4.78. The highest BCUT2D eigenvalue weighted by atomic mass is 16.7. The van der Waals surface area contributed by atoms with E-state index in [0.29, 0.717) is 6.79 Å². The predicted molar refractivity (Wildman–Crippen MR) is 169 cm³/mol. The number of rotatable bonds is 34. The molecule has 0 amide bonds. The van der Waals surface area contributed by atoms with Gasteiger partial charge in [0.15, 0.2) is 13.1 Å². The molecule has 0 aliphatic carbocycles. The standard InChI is InChI=1S/C35H70O4/c1-4-7-10-13-14-19-22-25-30-36-34-37-31-26-23-20-17-15-16-18-21-24-29-35(38-32-27-11-8-5-2)39-33-28-12-9-6-3/h26,31,35H,4-25,27-30,32-34H2,1-3H3. The summed E-state index contributed by atoms with van der Waals surface area (Å²) in [6, 6.07) is 0.